The van der Waals surface area contributed by atoms with E-state index in [4.69, 9.17) is 0 Å². The minimum absolute atomic E-state index is 0.00917. The van der Waals surface area contributed by atoms with E-state index in [2.05, 4.69) is 5.73 Å². The summed E-state index contributed by atoms with van der Waals surface area (Å²) in [7, 11) is 0. The maximum atomic E-state index is 12.5. The molecule has 0 bridgehead atoms. The van der Waals surface area contributed by atoms with Gasteiger partial charge in [0.25, 0.3) is 0 Å². The Labute approximate surface area is 63.8 Å². The molecule has 0 spiro atoms. The molecular formula is C8H10F2N+. The third-order valence-corrected chi connectivity index (χ3v) is 1.51. The minimum Gasteiger partial charge on any atom is -0.352 e. The molecule has 0 aliphatic heterocycles. The van der Waals surface area contributed by atoms with Crippen molar-refractivity contribution in [3.63, 3.8) is 0 Å². The zero-order chi connectivity index (χ0) is 8.43. The molecular weight excluding hydrogens is 148 g/mol. The third kappa shape index (κ3) is 1.74. The van der Waals surface area contributed by atoms with Crippen LogP contribution in [-0.4, -0.2) is 0 Å². The van der Waals surface area contributed by atoms with Crippen LogP contribution in [0.15, 0.2) is 18.2 Å². The summed E-state index contributed by atoms with van der Waals surface area (Å²) in [4.78, 5) is 0. The topological polar surface area (TPSA) is 27.6 Å². The highest BCUT2D eigenvalue weighted by molar-refractivity contribution is 5.18. The molecule has 1 aromatic carbocycles. The van der Waals surface area contributed by atoms with Crippen LogP contribution in [0, 0.1) is 11.6 Å². The molecule has 0 heterocycles. The molecule has 1 aromatic rings. The van der Waals surface area contributed by atoms with E-state index in [9.17, 15) is 8.78 Å². The maximum absolute atomic E-state index is 12.5. The van der Waals surface area contributed by atoms with Gasteiger partial charge in [-0.15, -0.1) is 0 Å². The first kappa shape index (κ1) is 8.14. The Morgan fingerprint density at radius 1 is 1.27 bits per heavy atom. The molecule has 0 fully saturated rings. The molecule has 0 aliphatic carbocycles. The van der Waals surface area contributed by atoms with Gasteiger partial charge < -0.3 is 5.73 Å². The zero-order valence-corrected chi connectivity index (χ0v) is 6.27. The van der Waals surface area contributed by atoms with E-state index in [0.29, 0.717) is 5.56 Å². The Balaban J connectivity index is 3.05. The monoisotopic (exact) mass is 158 g/mol. The van der Waals surface area contributed by atoms with Gasteiger partial charge in [-0.1, -0.05) is 0 Å². The van der Waals surface area contributed by atoms with E-state index >= 15 is 0 Å². The highest BCUT2D eigenvalue weighted by Gasteiger charge is 2.06. The predicted octanol–water partition coefficient (Wildman–Crippen LogP) is 1.27. The van der Waals surface area contributed by atoms with Gasteiger partial charge in [0.05, 0.1) is 0 Å². The lowest BCUT2D eigenvalue weighted by Crippen LogP contribution is -2.51. The van der Waals surface area contributed by atoms with Gasteiger partial charge in [0.15, 0.2) is 11.6 Å². The first-order valence-corrected chi connectivity index (χ1v) is 3.39. The Kier molecular flexibility index (Phi) is 2.19. The molecule has 60 valence electrons. The van der Waals surface area contributed by atoms with E-state index in [1.54, 1.807) is 0 Å². The van der Waals surface area contributed by atoms with Gasteiger partial charge in [0.2, 0.25) is 0 Å². The smallest absolute Gasteiger partial charge is 0.159 e. The maximum Gasteiger partial charge on any atom is 0.159 e. The second-order valence-electron chi connectivity index (χ2n) is 2.57. The number of hydrogen-bond donors (Lipinski definition) is 1. The van der Waals surface area contributed by atoms with E-state index in [-0.39, 0.29) is 6.04 Å². The van der Waals surface area contributed by atoms with Gasteiger partial charge in [-0.3, -0.25) is 0 Å². The molecule has 3 N–H and O–H groups in total. The van der Waals surface area contributed by atoms with Gasteiger partial charge in [-0.05, 0) is 25.1 Å². The Morgan fingerprint density at radius 2 is 1.91 bits per heavy atom. The third-order valence-electron chi connectivity index (χ3n) is 1.51. The van der Waals surface area contributed by atoms with Crippen molar-refractivity contribution in [2.75, 3.05) is 0 Å². The average molecular weight is 158 g/mol. The zero-order valence-electron chi connectivity index (χ0n) is 6.27. The number of benzene rings is 1. The van der Waals surface area contributed by atoms with Crippen molar-refractivity contribution >= 4 is 0 Å². The molecule has 1 rings (SSSR count). The molecule has 0 saturated heterocycles. The molecule has 0 unspecified atom stereocenters. The lowest BCUT2D eigenvalue weighted by atomic mass is 10.1. The van der Waals surface area contributed by atoms with Crippen LogP contribution in [0.5, 0.6) is 0 Å². The van der Waals surface area contributed by atoms with E-state index in [1.807, 2.05) is 6.92 Å². The summed E-state index contributed by atoms with van der Waals surface area (Å²) in [5.74, 6) is -1.62. The largest absolute Gasteiger partial charge is 0.352 e. The fourth-order valence-corrected chi connectivity index (χ4v) is 0.819. The molecule has 3 heteroatoms. The summed E-state index contributed by atoms with van der Waals surface area (Å²) in [6, 6.07) is 3.82. The molecule has 0 aromatic heterocycles. The van der Waals surface area contributed by atoms with Crippen LogP contribution < -0.4 is 5.73 Å². The summed E-state index contributed by atoms with van der Waals surface area (Å²) >= 11 is 0. The highest BCUT2D eigenvalue weighted by atomic mass is 19.2. The molecule has 1 atom stereocenters. The van der Waals surface area contributed by atoms with Crippen molar-refractivity contribution in [2.45, 2.75) is 13.0 Å². The van der Waals surface area contributed by atoms with Crippen LogP contribution in [-0.2, 0) is 0 Å². The van der Waals surface area contributed by atoms with E-state index in [1.165, 1.54) is 12.1 Å². The number of halogens is 2. The fourth-order valence-electron chi connectivity index (χ4n) is 0.819. The van der Waals surface area contributed by atoms with E-state index in [0.717, 1.165) is 6.07 Å². The summed E-state index contributed by atoms with van der Waals surface area (Å²) in [6.45, 7) is 1.83. The van der Waals surface area contributed by atoms with Crippen molar-refractivity contribution in [3.05, 3.63) is 35.4 Å². The minimum atomic E-state index is -0.811. The summed E-state index contributed by atoms with van der Waals surface area (Å²) in [5, 5.41) is 0. The van der Waals surface area contributed by atoms with Crippen molar-refractivity contribution in [1.82, 2.24) is 0 Å². The Hall–Kier alpha value is -0.960. The predicted molar refractivity (Wildman–Crippen MR) is 37.7 cm³/mol. The molecule has 11 heavy (non-hydrogen) atoms. The first-order chi connectivity index (χ1) is 5.11. The number of quaternary nitrogens is 1. The van der Waals surface area contributed by atoms with Crippen LogP contribution in [0.2, 0.25) is 0 Å². The highest BCUT2D eigenvalue weighted by Crippen LogP contribution is 2.12. The fraction of sp³-hybridized carbons (Fsp3) is 0.250. The van der Waals surface area contributed by atoms with Crippen molar-refractivity contribution < 1.29 is 14.5 Å². The van der Waals surface area contributed by atoms with Gasteiger partial charge in [-0.25, -0.2) is 8.78 Å². The van der Waals surface area contributed by atoms with E-state index < -0.39 is 11.6 Å². The van der Waals surface area contributed by atoms with Crippen LogP contribution in [0.4, 0.5) is 8.78 Å². The first-order valence-electron chi connectivity index (χ1n) is 3.39. The molecule has 0 aliphatic rings. The molecule has 1 nitrogen and oxygen atoms in total. The SMILES string of the molecule is C[C@H]([NH3+])c1ccc(F)c(F)c1. The van der Waals surface area contributed by atoms with Crippen LogP contribution in [0.25, 0.3) is 0 Å². The van der Waals surface area contributed by atoms with Crippen LogP contribution >= 0.6 is 0 Å². The standard InChI is InChI=1S/C8H9F2N/c1-5(11)6-2-3-7(9)8(10)4-6/h2-5H,11H2,1H3/p+1/t5-/m0/s1. The average Bonchev–Trinajstić information content (AvgIpc) is 1.94. The van der Waals surface area contributed by atoms with Gasteiger partial charge in [-0.2, -0.15) is 0 Å². The lowest BCUT2D eigenvalue weighted by Gasteiger charge is -2.01. The van der Waals surface area contributed by atoms with Crippen molar-refractivity contribution in [1.29, 1.82) is 0 Å². The summed E-state index contributed by atoms with van der Waals surface area (Å²) in [6.07, 6.45) is 0. The van der Waals surface area contributed by atoms with Crippen molar-refractivity contribution in [3.8, 4) is 0 Å². The van der Waals surface area contributed by atoms with Crippen LogP contribution in [0.1, 0.15) is 18.5 Å². The van der Waals surface area contributed by atoms with Gasteiger partial charge in [0.1, 0.15) is 6.04 Å². The Bertz CT molecular complexity index is 258. The summed E-state index contributed by atoms with van der Waals surface area (Å²) in [5.41, 5.74) is 4.40. The number of hydrogen-bond acceptors (Lipinski definition) is 0. The summed E-state index contributed by atoms with van der Waals surface area (Å²) < 4.78 is 24.9. The second-order valence-corrected chi connectivity index (χ2v) is 2.57. The molecule has 0 radical (unpaired) electrons. The normalized spacial score (nSPS) is 13.1. The quantitative estimate of drug-likeness (QED) is 0.637. The molecule has 0 amide bonds. The van der Waals surface area contributed by atoms with Crippen LogP contribution in [0.3, 0.4) is 0 Å². The Morgan fingerprint density at radius 3 is 2.36 bits per heavy atom. The molecule has 0 saturated carbocycles. The van der Waals surface area contributed by atoms with Gasteiger partial charge >= 0.3 is 0 Å². The lowest BCUT2D eigenvalue weighted by molar-refractivity contribution is -0.420. The second kappa shape index (κ2) is 2.96. The number of rotatable bonds is 1. The van der Waals surface area contributed by atoms with Gasteiger partial charge in [0, 0.05) is 5.56 Å². The van der Waals surface area contributed by atoms with Crippen molar-refractivity contribution in [2.24, 2.45) is 0 Å².